The van der Waals surface area contributed by atoms with Gasteiger partial charge in [0, 0.05) is 31.3 Å². The molecule has 2 N–H and O–H groups in total. The molecule has 1 aromatic rings. The molecule has 4 heteroatoms. The number of rotatable bonds is 7. The molecule has 1 amide bonds. The third-order valence-corrected chi connectivity index (χ3v) is 3.69. The predicted octanol–water partition coefficient (Wildman–Crippen LogP) is 2.69. The van der Waals surface area contributed by atoms with Gasteiger partial charge in [0.15, 0.2) is 0 Å². The van der Waals surface area contributed by atoms with Crippen LogP contribution in [-0.2, 0) is 4.79 Å². The summed E-state index contributed by atoms with van der Waals surface area (Å²) < 4.78 is 5.64. The molecule has 0 saturated carbocycles. The smallest absolute Gasteiger partial charge is 0.222 e. The fourth-order valence-electron chi connectivity index (χ4n) is 2.72. The standard InChI is InChI=1S/C16H24N2O2/c1-2-5-13-10-16(19)18(12-13)8-4-9-20-15-7-3-6-14(17)11-15/h3,6-7,11,13H,2,4-5,8-10,12,17H2,1H3. The van der Waals surface area contributed by atoms with Gasteiger partial charge in [0.05, 0.1) is 6.61 Å². The quantitative estimate of drug-likeness (QED) is 0.615. The van der Waals surface area contributed by atoms with Crippen molar-refractivity contribution in [2.75, 3.05) is 25.4 Å². The molecule has 4 nitrogen and oxygen atoms in total. The van der Waals surface area contributed by atoms with Gasteiger partial charge in [-0.05, 0) is 30.9 Å². The Morgan fingerprint density at radius 3 is 3.05 bits per heavy atom. The molecule has 1 unspecified atom stereocenters. The highest BCUT2D eigenvalue weighted by molar-refractivity contribution is 5.78. The van der Waals surface area contributed by atoms with Gasteiger partial charge in [-0.25, -0.2) is 0 Å². The lowest BCUT2D eigenvalue weighted by molar-refractivity contribution is -0.127. The Morgan fingerprint density at radius 1 is 1.45 bits per heavy atom. The number of nitrogens with two attached hydrogens (primary N) is 1. The second-order valence-electron chi connectivity index (χ2n) is 5.47. The minimum atomic E-state index is 0.299. The highest BCUT2D eigenvalue weighted by atomic mass is 16.5. The molecule has 1 heterocycles. The number of likely N-dealkylation sites (tertiary alicyclic amines) is 1. The maximum atomic E-state index is 11.8. The summed E-state index contributed by atoms with van der Waals surface area (Å²) in [6, 6.07) is 7.43. The molecule has 1 aromatic carbocycles. The molecule has 1 aliphatic rings. The number of ether oxygens (including phenoxy) is 1. The topological polar surface area (TPSA) is 55.6 Å². The van der Waals surface area contributed by atoms with Crippen LogP contribution in [0.15, 0.2) is 24.3 Å². The number of benzene rings is 1. The second kappa shape index (κ2) is 7.17. The molecule has 2 rings (SSSR count). The molecule has 1 atom stereocenters. The first-order chi connectivity index (χ1) is 9.69. The second-order valence-corrected chi connectivity index (χ2v) is 5.47. The minimum absolute atomic E-state index is 0.299. The molecule has 1 saturated heterocycles. The molecule has 0 aromatic heterocycles. The largest absolute Gasteiger partial charge is 0.493 e. The summed E-state index contributed by atoms with van der Waals surface area (Å²) in [5, 5.41) is 0. The summed E-state index contributed by atoms with van der Waals surface area (Å²) in [7, 11) is 0. The Bertz CT molecular complexity index is 448. The predicted molar refractivity (Wildman–Crippen MR) is 80.6 cm³/mol. The average molecular weight is 276 g/mol. The van der Waals surface area contributed by atoms with Crippen LogP contribution in [0.2, 0.25) is 0 Å². The molecule has 0 radical (unpaired) electrons. The number of hydrogen-bond acceptors (Lipinski definition) is 3. The van der Waals surface area contributed by atoms with Crippen LogP contribution in [-0.4, -0.2) is 30.5 Å². The van der Waals surface area contributed by atoms with E-state index < -0.39 is 0 Å². The van der Waals surface area contributed by atoms with Crippen LogP contribution in [0.5, 0.6) is 5.75 Å². The van der Waals surface area contributed by atoms with Crippen molar-refractivity contribution in [1.29, 1.82) is 0 Å². The van der Waals surface area contributed by atoms with E-state index in [0.717, 1.165) is 44.5 Å². The highest BCUT2D eigenvalue weighted by Crippen LogP contribution is 2.22. The number of carbonyl (C=O) groups is 1. The van der Waals surface area contributed by atoms with Crippen molar-refractivity contribution >= 4 is 11.6 Å². The number of amides is 1. The number of anilines is 1. The van der Waals surface area contributed by atoms with E-state index in [1.165, 1.54) is 0 Å². The zero-order chi connectivity index (χ0) is 14.4. The SMILES string of the molecule is CCCC1CC(=O)N(CCCOc2cccc(N)c2)C1. The third-order valence-electron chi connectivity index (χ3n) is 3.69. The van der Waals surface area contributed by atoms with Crippen LogP contribution in [0.4, 0.5) is 5.69 Å². The minimum Gasteiger partial charge on any atom is -0.493 e. The normalized spacial score (nSPS) is 18.6. The van der Waals surface area contributed by atoms with E-state index in [2.05, 4.69) is 6.92 Å². The van der Waals surface area contributed by atoms with Crippen molar-refractivity contribution in [3.8, 4) is 5.75 Å². The van der Waals surface area contributed by atoms with Crippen LogP contribution >= 0.6 is 0 Å². The fraction of sp³-hybridized carbons (Fsp3) is 0.562. The van der Waals surface area contributed by atoms with Gasteiger partial charge in [-0.3, -0.25) is 4.79 Å². The summed E-state index contributed by atoms with van der Waals surface area (Å²) in [4.78, 5) is 13.8. The molecule has 0 aliphatic carbocycles. The van der Waals surface area contributed by atoms with Crippen LogP contribution in [0, 0.1) is 5.92 Å². The van der Waals surface area contributed by atoms with Crippen molar-refractivity contribution in [3.63, 3.8) is 0 Å². The maximum absolute atomic E-state index is 11.8. The monoisotopic (exact) mass is 276 g/mol. The lowest BCUT2D eigenvalue weighted by Gasteiger charge is -2.16. The van der Waals surface area contributed by atoms with Gasteiger partial charge in [-0.1, -0.05) is 19.4 Å². The van der Waals surface area contributed by atoms with Crippen molar-refractivity contribution < 1.29 is 9.53 Å². The summed E-state index contributed by atoms with van der Waals surface area (Å²) in [6.45, 7) is 4.50. The van der Waals surface area contributed by atoms with Crippen molar-refractivity contribution in [3.05, 3.63) is 24.3 Å². The van der Waals surface area contributed by atoms with Crippen LogP contribution < -0.4 is 10.5 Å². The zero-order valence-electron chi connectivity index (χ0n) is 12.2. The number of nitrogen functional groups attached to an aromatic ring is 1. The lowest BCUT2D eigenvalue weighted by atomic mass is 10.0. The Hall–Kier alpha value is -1.71. The van der Waals surface area contributed by atoms with Crippen molar-refractivity contribution in [2.45, 2.75) is 32.6 Å². The van der Waals surface area contributed by atoms with Gasteiger partial charge in [-0.2, -0.15) is 0 Å². The Labute approximate surface area is 120 Å². The molecule has 1 fully saturated rings. The first-order valence-corrected chi connectivity index (χ1v) is 7.45. The maximum Gasteiger partial charge on any atom is 0.222 e. The van der Waals surface area contributed by atoms with E-state index in [1.807, 2.05) is 29.2 Å². The summed E-state index contributed by atoms with van der Waals surface area (Å²) in [5.74, 6) is 1.65. The van der Waals surface area contributed by atoms with Gasteiger partial charge >= 0.3 is 0 Å². The van der Waals surface area contributed by atoms with E-state index in [4.69, 9.17) is 10.5 Å². The zero-order valence-corrected chi connectivity index (χ0v) is 12.2. The number of nitrogens with zero attached hydrogens (tertiary/aromatic N) is 1. The summed E-state index contributed by atoms with van der Waals surface area (Å²) in [6.07, 6.45) is 3.90. The van der Waals surface area contributed by atoms with E-state index in [-0.39, 0.29) is 0 Å². The summed E-state index contributed by atoms with van der Waals surface area (Å²) >= 11 is 0. The lowest BCUT2D eigenvalue weighted by Crippen LogP contribution is -2.27. The van der Waals surface area contributed by atoms with E-state index in [0.29, 0.717) is 24.1 Å². The first kappa shape index (κ1) is 14.7. The molecule has 0 bridgehead atoms. The van der Waals surface area contributed by atoms with Gasteiger partial charge in [0.1, 0.15) is 5.75 Å². The van der Waals surface area contributed by atoms with E-state index >= 15 is 0 Å². The van der Waals surface area contributed by atoms with Crippen molar-refractivity contribution in [1.82, 2.24) is 4.90 Å². The van der Waals surface area contributed by atoms with Crippen LogP contribution in [0.25, 0.3) is 0 Å². The van der Waals surface area contributed by atoms with Crippen molar-refractivity contribution in [2.24, 2.45) is 5.92 Å². The molecule has 110 valence electrons. The number of carbonyl (C=O) groups excluding carboxylic acids is 1. The third kappa shape index (κ3) is 4.15. The molecule has 20 heavy (non-hydrogen) atoms. The average Bonchev–Trinajstić information content (AvgIpc) is 2.76. The van der Waals surface area contributed by atoms with Crippen LogP contribution in [0.3, 0.4) is 0 Å². The molecular formula is C16H24N2O2. The number of hydrogen-bond donors (Lipinski definition) is 1. The Kier molecular flexibility index (Phi) is 5.27. The Balaban J connectivity index is 1.67. The van der Waals surface area contributed by atoms with E-state index in [1.54, 1.807) is 0 Å². The molecule has 0 spiro atoms. The van der Waals surface area contributed by atoms with Gasteiger partial charge in [0.2, 0.25) is 5.91 Å². The first-order valence-electron chi connectivity index (χ1n) is 7.45. The Morgan fingerprint density at radius 2 is 2.30 bits per heavy atom. The highest BCUT2D eigenvalue weighted by Gasteiger charge is 2.28. The van der Waals surface area contributed by atoms with E-state index in [9.17, 15) is 4.79 Å². The van der Waals surface area contributed by atoms with Gasteiger partial charge in [-0.15, -0.1) is 0 Å². The van der Waals surface area contributed by atoms with Gasteiger partial charge in [0.25, 0.3) is 0 Å². The fourth-order valence-corrected chi connectivity index (χ4v) is 2.72. The molecular weight excluding hydrogens is 252 g/mol. The molecule has 1 aliphatic heterocycles. The summed E-state index contributed by atoms with van der Waals surface area (Å²) in [5.41, 5.74) is 6.40. The van der Waals surface area contributed by atoms with Crippen LogP contribution in [0.1, 0.15) is 32.6 Å². The van der Waals surface area contributed by atoms with Gasteiger partial charge < -0.3 is 15.4 Å².